The third kappa shape index (κ3) is 4.21. The molecule has 0 aliphatic heterocycles. The molecular formula is C15H10Cl3N9O2. The fraction of sp³-hybridized carbons (Fsp3) is 0.133. The van der Waals surface area contributed by atoms with E-state index in [1.165, 1.54) is 10.9 Å². The fourth-order valence-corrected chi connectivity index (χ4v) is 3.11. The third-order valence-electron chi connectivity index (χ3n) is 3.72. The first-order chi connectivity index (χ1) is 13.9. The summed E-state index contributed by atoms with van der Waals surface area (Å²) >= 11 is 18.1. The highest BCUT2D eigenvalue weighted by Crippen LogP contribution is 2.31. The van der Waals surface area contributed by atoms with Gasteiger partial charge in [0.25, 0.3) is 0 Å². The van der Waals surface area contributed by atoms with Crippen molar-refractivity contribution in [2.45, 2.75) is 13.1 Å². The van der Waals surface area contributed by atoms with Crippen molar-refractivity contribution in [3.63, 3.8) is 0 Å². The number of aromatic nitrogens is 9. The van der Waals surface area contributed by atoms with Gasteiger partial charge in [0, 0.05) is 6.20 Å². The van der Waals surface area contributed by atoms with Crippen LogP contribution in [0.5, 0.6) is 0 Å². The van der Waals surface area contributed by atoms with Crippen LogP contribution in [0, 0.1) is 0 Å². The summed E-state index contributed by atoms with van der Waals surface area (Å²) in [7, 11) is 0. The Morgan fingerprint density at radius 3 is 2.55 bits per heavy atom. The fourth-order valence-electron chi connectivity index (χ4n) is 2.47. The van der Waals surface area contributed by atoms with Crippen molar-refractivity contribution in [3.8, 4) is 17.2 Å². The molecule has 148 valence electrons. The van der Waals surface area contributed by atoms with Crippen molar-refractivity contribution in [2.24, 2.45) is 0 Å². The summed E-state index contributed by atoms with van der Waals surface area (Å²) in [5, 5.41) is 33.6. The number of benzene rings is 1. The summed E-state index contributed by atoms with van der Waals surface area (Å²) in [6.07, 6.45) is 4.83. The van der Waals surface area contributed by atoms with Crippen LogP contribution in [0.15, 0.2) is 30.7 Å². The monoisotopic (exact) mass is 453 g/mol. The molecule has 0 unspecified atom stereocenters. The van der Waals surface area contributed by atoms with Gasteiger partial charge < -0.3 is 5.11 Å². The molecule has 11 nitrogen and oxygen atoms in total. The lowest BCUT2D eigenvalue weighted by atomic mass is 10.2. The Kier molecular flexibility index (Phi) is 5.18. The highest BCUT2D eigenvalue weighted by atomic mass is 35.5. The maximum Gasteiger partial charge on any atom is 0.327 e. The summed E-state index contributed by atoms with van der Waals surface area (Å²) in [6.45, 7) is -0.00298. The van der Waals surface area contributed by atoms with E-state index in [0.29, 0.717) is 33.0 Å². The normalized spacial score (nSPS) is 11.1. The number of halogens is 3. The molecule has 0 radical (unpaired) electrons. The van der Waals surface area contributed by atoms with E-state index < -0.39 is 5.97 Å². The Morgan fingerprint density at radius 1 is 1.07 bits per heavy atom. The molecule has 0 aliphatic rings. The van der Waals surface area contributed by atoms with Gasteiger partial charge in [-0.25, -0.2) is 9.36 Å². The first-order valence-corrected chi connectivity index (χ1v) is 9.11. The van der Waals surface area contributed by atoms with Gasteiger partial charge in [0.2, 0.25) is 5.82 Å². The van der Waals surface area contributed by atoms with Gasteiger partial charge in [-0.2, -0.15) is 9.90 Å². The van der Waals surface area contributed by atoms with Gasteiger partial charge in [0.1, 0.15) is 0 Å². The van der Waals surface area contributed by atoms with Crippen LogP contribution in [0.25, 0.3) is 17.2 Å². The quantitative estimate of drug-likeness (QED) is 0.439. The van der Waals surface area contributed by atoms with E-state index in [4.69, 9.17) is 39.9 Å². The Labute approximate surface area is 177 Å². The number of tetrazole rings is 1. The molecule has 29 heavy (non-hydrogen) atoms. The van der Waals surface area contributed by atoms with Crippen LogP contribution in [0.1, 0.15) is 5.56 Å². The van der Waals surface area contributed by atoms with E-state index in [9.17, 15) is 4.79 Å². The molecule has 0 bridgehead atoms. The van der Waals surface area contributed by atoms with Crippen LogP contribution in [0.3, 0.4) is 0 Å². The van der Waals surface area contributed by atoms with Crippen LogP contribution in [0.4, 0.5) is 0 Å². The first-order valence-electron chi connectivity index (χ1n) is 7.97. The number of aliphatic carboxylic acids is 1. The topological polar surface area (TPSA) is 129 Å². The van der Waals surface area contributed by atoms with Gasteiger partial charge in [-0.05, 0) is 22.9 Å². The van der Waals surface area contributed by atoms with E-state index >= 15 is 0 Å². The standard InChI is InChI=1S/C15H10Cl3N9O2/c16-10-1-8(2-11(17)14(10)18)4-25-6-12(20-23-25)26-5-9(3-19-26)15-21-24-27(22-15)7-13(28)29/h1-3,5-6H,4,7H2,(H,28,29). The Bertz CT molecular complexity index is 1180. The predicted molar refractivity (Wildman–Crippen MR) is 102 cm³/mol. The molecule has 1 N–H and O–H groups in total. The zero-order valence-electron chi connectivity index (χ0n) is 14.3. The molecule has 0 atom stereocenters. The highest BCUT2D eigenvalue weighted by Gasteiger charge is 2.13. The first kappa shape index (κ1) is 19.3. The van der Waals surface area contributed by atoms with Crippen LogP contribution >= 0.6 is 34.8 Å². The lowest BCUT2D eigenvalue weighted by molar-refractivity contribution is -0.138. The molecule has 0 saturated carbocycles. The second-order valence-electron chi connectivity index (χ2n) is 5.86. The van der Waals surface area contributed by atoms with Crippen molar-refractivity contribution in [1.29, 1.82) is 0 Å². The molecule has 14 heteroatoms. The van der Waals surface area contributed by atoms with E-state index in [2.05, 4.69) is 30.8 Å². The molecule has 0 aliphatic carbocycles. The Morgan fingerprint density at radius 2 is 1.83 bits per heavy atom. The number of carboxylic acids is 1. The molecule has 1 aromatic carbocycles. The second kappa shape index (κ2) is 7.78. The zero-order chi connectivity index (χ0) is 20.5. The largest absolute Gasteiger partial charge is 0.480 e. The lowest BCUT2D eigenvalue weighted by Gasteiger charge is -2.05. The second-order valence-corrected chi connectivity index (χ2v) is 7.05. The lowest BCUT2D eigenvalue weighted by Crippen LogP contribution is -2.11. The summed E-state index contributed by atoms with van der Waals surface area (Å²) in [6, 6.07) is 3.41. The predicted octanol–water partition coefficient (Wildman–Crippen LogP) is 2.21. The summed E-state index contributed by atoms with van der Waals surface area (Å²) in [5.74, 6) is -0.361. The number of rotatable bonds is 6. The average Bonchev–Trinajstić information content (AvgIpc) is 3.39. The van der Waals surface area contributed by atoms with E-state index in [1.54, 1.807) is 29.2 Å². The molecule has 0 amide bonds. The van der Waals surface area contributed by atoms with Crippen molar-refractivity contribution < 1.29 is 9.90 Å². The van der Waals surface area contributed by atoms with Crippen LogP contribution in [-0.4, -0.2) is 56.1 Å². The van der Waals surface area contributed by atoms with Gasteiger partial charge >= 0.3 is 5.97 Å². The van der Waals surface area contributed by atoms with Crippen molar-refractivity contribution in [3.05, 3.63) is 51.4 Å². The smallest absolute Gasteiger partial charge is 0.327 e. The number of carboxylic acid groups (broad SMARTS) is 1. The molecule has 3 heterocycles. The van der Waals surface area contributed by atoms with Crippen molar-refractivity contribution >= 4 is 40.8 Å². The summed E-state index contributed by atoms with van der Waals surface area (Å²) < 4.78 is 3.08. The molecule has 3 aromatic heterocycles. The Hall–Kier alpha value is -3.02. The number of hydrogen-bond donors (Lipinski definition) is 1. The van der Waals surface area contributed by atoms with Crippen molar-refractivity contribution in [1.82, 2.24) is 45.0 Å². The Balaban J connectivity index is 1.52. The third-order valence-corrected chi connectivity index (χ3v) is 4.92. The minimum absolute atomic E-state index is 0.246. The molecule has 0 fully saturated rings. The minimum Gasteiger partial charge on any atom is -0.480 e. The molecule has 4 aromatic rings. The van der Waals surface area contributed by atoms with Gasteiger partial charge in [-0.1, -0.05) is 40.0 Å². The SMILES string of the molecule is O=C(O)Cn1nnc(-c2cnn(-c3cn(Cc4cc(Cl)c(Cl)c(Cl)c4)nn3)c2)n1. The maximum absolute atomic E-state index is 10.7. The van der Waals surface area contributed by atoms with Gasteiger partial charge in [0.05, 0.1) is 39.6 Å². The molecule has 0 spiro atoms. The molecular weight excluding hydrogens is 445 g/mol. The van der Waals surface area contributed by atoms with Gasteiger partial charge in [-0.15, -0.1) is 15.3 Å². The highest BCUT2D eigenvalue weighted by molar-refractivity contribution is 6.48. The van der Waals surface area contributed by atoms with E-state index in [1.807, 2.05) is 0 Å². The van der Waals surface area contributed by atoms with Crippen LogP contribution < -0.4 is 0 Å². The van der Waals surface area contributed by atoms with E-state index in [0.717, 1.165) is 10.4 Å². The zero-order valence-corrected chi connectivity index (χ0v) is 16.6. The van der Waals surface area contributed by atoms with Gasteiger partial charge in [-0.3, -0.25) is 4.79 Å². The van der Waals surface area contributed by atoms with Crippen LogP contribution in [0.2, 0.25) is 15.1 Å². The molecule has 0 saturated heterocycles. The number of hydrogen-bond acceptors (Lipinski definition) is 7. The average molecular weight is 455 g/mol. The van der Waals surface area contributed by atoms with Gasteiger partial charge in [0.15, 0.2) is 12.4 Å². The van der Waals surface area contributed by atoms with Crippen LogP contribution in [-0.2, 0) is 17.9 Å². The molecule has 4 rings (SSSR count). The minimum atomic E-state index is -1.07. The maximum atomic E-state index is 10.7. The summed E-state index contributed by atoms with van der Waals surface area (Å²) in [4.78, 5) is 11.7. The van der Waals surface area contributed by atoms with Crippen molar-refractivity contribution in [2.75, 3.05) is 0 Å². The number of nitrogens with zero attached hydrogens (tertiary/aromatic N) is 9. The number of carbonyl (C=O) groups is 1. The van der Waals surface area contributed by atoms with E-state index in [-0.39, 0.29) is 12.4 Å². The summed E-state index contributed by atoms with van der Waals surface area (Å²) in [5.41, 5.74) is 1.36.